The fourth-order valence-electron chi connectivity index (χ4n) is 1.56. The van der Waals surface area contributed by atoms with Crippen LogP contribution >= 0.6 is 11.3 Å². The first kappa shape index (κ1) is 16.2. The molecule has 0 atom stereocenters. The number of carbonyl (C=O) groups is 2. The van der Waals surface area contributed by atoms with Gasteiger partial charge in [0.05, 0.1) is 0 Å². The Hall–Kier alpha value is -1.83. The second-order valence-corrected chi connectivity index (χ2v) is 5.50. The summed E-state index contributed by atoms with van der Waals surface area (Å²) in [5.74, 6) is -0.176. The van der Waals surface area contributed by atoms with E-state index in [1.54, 1.807) is 21.1 Å². The third-order valence-electron chi connectivity index (χ3n) is 2.67. The predicted octanol–water partition coefficient (Wildman–Crippen LogP) is 0.707. The van der Waals surface area contributed by atoms with Crippen molar-refractivity contribution in [1.82, 2.24) is 14.8 Å². The van der Waals surface area contributed by atoms with Crippen LogP contribution in [0, 0.1) is 0 Å². The van der Waals surface area contributed by atoms with Gasteiger partial charge in [-0.3, -0.25) is 9.59 Å². The fraction of sp³-hybridized carbons (Fsp3) is 0.583. The zero-order valence-electron chi connectivity index (χ0n) is 12.3. The second-order valence-electron chi connectivity index (χ2n) is 4.50. The van der Waals surface area contributed by atoms with Crippen LogP contribution in [0.25, 0.3) is 0 Å². The molecule has 7 nitrogen and oxygen atoms in total. The van der Waals surface area contributed by atoms with E-state index in [0.29, 0.717) is 16.6 Å². The Kier molecular flexibility index (Phi) is 5.75. The quantitative estimate of drug-likeness (QED) is 0.807. The van der Waals surface area contributed by atoms with Crippen molar-refractivity contribution in [3.05, 3.63) is 4.88 Å². The number of nitrogens with two attached hydrogens (primary N) is 1. The molecule has 1 heterocycles. The second kappa shape index (κ2) is 7.09. The first-order valence-corrected chi connectivity index (χ1v) is 7.15. The van der Waals surface area contributed by atoms with Gasteiger partial charge in [0.15, 0.2) is 5.13 Å². The number of nitrogens with zero attached hydrogens (tertiary/aromatic N) is 3. The molecule has 0 aliphatic rings. The van der Waals surface area contributed by atoms with Gasteiger partial charge in [0, 0.05) is 27.7 Å². The van der Waals surface area contributed by atoms with Gasteiger partial charge in [0.1, 0.15) is 17.2 Å². The molecule has 2 amide bonds. The molecule has 0 spiro atoms. The fourth-order valence-corrected chi connectivity index (χ4v) is 2.37. The number of carbonyl (C=O) groups excluding carboxylic acids is 2. The molecule has 8 heteroatoms. The van der Waals surface area contributed by atoms with E-state index < -0.39 is 0 Å². The van der Waals surface area contributed by atoms with Crippen molar-refractivity contribution in [1.29, 1.82) is 0 Å². The lowest BCUT2D eigenvalue weighted by atomic mass is 10.3. The number of hydrogen-bond acceptors (Lipinski definition) is 6. The van der Waals surface area contributed by atoms with Crippen molar-refractivity contribution in [2.45, 2.75) is 13.3 Å². The van der Waals surface area contributed by atoms with E-state index in [0.717, 1.165) is 6.42 Å². The average molecular weight is 299 g/mol. The van der Waals surface area contributed by atoms with E-state index in [1.807, 2.05) is 6.92 Å². The van der Waals surface area contributed by atoms with Crippen LogP contribution in [0.15, 0.2) is 0 Å². The van der Waals surface area contributed by atoms with Crippen LogP contribution in [0.1, 0.15) is 23.0 Å². The third-order valence-corrected chi connectivity index (χ3v) is 3.74. The van der Waals surface area contributed by atoms with E-state index in [2.05, 4.69) is 10.3 Å². The number of nitrogens with one attached hydrogen (secondary N) is 1. The van der Waals surface area contributed by atoms with Crippen LogP contribution in [-0.4, -0.2) is 60.8 Å². The van der Waals surface area contributed by atoms with Gasteiger partial charge in [0.25, 0.3) is 5.91 Å². The summed E-state index contributed by atoms with van der Waals surface area (Å²) in [4.78, 5) is 31.6. The molecule has 0 unspecified atom stereocenters. The highest BCUT2D eigenvalue weighted by atomic mass is 32.1. The summed E-state index contributed by atoms with van der Waals surface area (Å²) >= 11 is 1.19. The SMILES string of the molecule is CCCN(CC(=O)N(C)C)C(=O)c1sc(NC)nc1N. The molecular weight excluding hydrogens is 278 g/mol. The molecule has 0 aliphatic carbocycles. The predicted molar refractivity (Wildman–Crippen MR) is 81.0 cm³/mol. The molecule has 1 rings (SSSR count). The van der Waals surface area contributed by atoms with Gasteiger partial charge >= 0.3 is 0 Å². The molecule has 1 aromatic heterocycles. The van der Waals surface area contributed by atoms with E-state index in [1.165, 1.54) is 21.1 Å². The maximum absolute atomic E-state index is 12.5. The Labute approximate surface area is 122 Å². The lowest BCUT2D eigenvalue weighted by Gasteiger charge is -2.22. The van der Waals surface area contributed by atoms with Crippen LogP contribution < -0.4 is 11.1 Å². The highest BCUT2D eigenvalue weighted by molar-refractivity contribution is 7.18. The van der Waals surface area contributed by atoms with E-state index >= 15 is 0 Å². The number of thiazole rings is 1. The number of rotatable bonds is 6. The molecular formula is C12H21N5O2S. The summed E-state index contributed by atoms with van der Waals surface area (Å²) in [6, 6.07) is 0. The zero-order chi connectivity index (χ0) is 15.3. The van der Waals surface area contributed by atoms with Crippen molar-refractivity contribution in [3.63, 3.8) is 0 Å². The number of nitrogen functional groups attached to an aromatic ring is 1. The van der Waals surface area contributed by atoms with Crippen molar-refractivity contribution >= 4 is 34.1 Å². The number of hydrogen-bond donors (Lipinski definition) is 2. The van der Waals surface area contributed by atoms with Gasteiger partial charge in [-0.25, -0.2) is 4.98 Å². The van der Waals surface area contributed by atoms with Crippen LogP contribution in [0.2, 0.25) is 0 Å². The number of likely N-dealkylation sites (N-methyl/N-ethyl adjacent to an activating group) is 1. The topological polar surface area (TPSA) is 91.6 Å². The molecule has 0 saturated heterocycles. The van der Waals surface area contributed by atoms with Gasteiger partial charge in [-0.05, 0) is 6.42 Å². The summed E-state index contributed by atoms with van der Waals surface area (Å²) in [6.07, 6.45) is 0.768. The minimum absolute atomic E-state index is 0.0475. The lowest BCUT2D eigenvalue weighted by molar-refractivity contribution is -0.129. The smallest absolute Gasteiger partial charge is 0.268 e. The largest absolute Gasteiger partial charge is 0.382 e. The molecule has 3 N–H and O–H groups in total. The molecule has 112 valence electrons. The van der Waals surface area contributed by atoms with Gasteiger partial charge in [-0.2, -0.15) is 0 Å². The Bertz CT molecular complexity index is 486. The summed E-state index contributed by atoms with van der Waals surface area (Å²) in [6.45, 7) is 2.51. The standard InChI is InChI=1S/C12H21N5O2S/c1-5-6-17(7-8(18)16(3)4)11(19)9-10(13)15-12(14-2)20-9/h5-7,13H2,1-4H3,(H,14,15). The third kappa shape index (κ3) is 3.83. The number of aromatic nitrogens is 1. The molecule has 1 aromatic rings. The van der Waals surface area contributed by atoms with Crippen LogP contribution in [0.3, 0.4) is 0 Å². The van der Waals surface area contributed by atoms with E-state index in [-0.39, 0.29) is 24.2 Å². The zero-order valence-corrected chi connectivity index (χ0v) is 13.1. The Morgan fingerprint density at radius 2 is 2.05 bits per heavy atom. The van der Waals surface area contributed by atoms with E-state index in [9.17, 15) is 9.59 Å². The first-order valence-electron chi connectivity index (χ1n) is 6.34. The normalized spacial score (nSPS) is 10.2. The molecule has 0 saturated carbocycles. The number of anilines is 2. The summed E-state index contributed by atoms with van der Waals surface area (Å²) in [5, 5.41) is 3.44. The molecule has 0 aromatic carbocycles. The molecule has 0 aliphatic heterocycles. The summed E-state index contributed by atoms with van der Waals surface area (Å²) in [7, 11) is 5.04. The molecule has 0 radical (unpaired) electrons. The first-order chi connectivity index (χ1) is 9.40. The summed E-state index contributed by atoms with van der Waals surface area (Å²) < 4.78 is 0. The Balaban J connectivity index is 2.92. The van der Waals surface area contributed by atoms with Gasteiger partial charge in [-0.1, -0.05) is 18.3 Å². The van der Waals surface area contributed by atoms with Crippen molar-refractivity contribution in [3.8, 4) is 0 Å². The van der Waals surface area contributed by atoms with Crippen molar-refractivity contribution < 1.29 is 9.59 Å². The van der Waals surface area contributed by atoms with Crippen LogP contribution in [0.5, 0.6) is 0 Å². The lowest BCUT2D eigenvalue weighted by Crippen LogP contribution is -2.40. The monoisotopic (exact) mass is 299 g/mol. The Morgan fingerprint density at radius 1 is 1.40 bits per heavy atom. The van der Waals surface area contributed by atoms with Gasteiger partial charge < -0.3 is 20.9 Å². The van der Waals surface area contributed by atoms with Crippen LogP contribution in [0.4, 0.5) is 10.9 Å². The average Bonchev–Trinajstić information content (AvgIpc) is 2.78. The summed E-state index contributed by atoms with van der Waals surface area (Å²) in [5.41, 5.74) is 5.76. The highest BCUT2D eigenvalue weighted by Crippen LogP contribution is 2.25. The van der Waals surface area contributed by atoms with Gasteiger partial charge in [0.2, 0.25) is 5.91 Å². The maximum Gasteiger partial charge on any atom is 0.268 e. The van der Waals surface area contributed by atoms with Crippen LogP contribution in [-0.2, 0) is 4.79 Å². The minimum Gasteiger partial charge on any atom is -0.382 e. The van der Waals surface area contributed by atoms with Crippen molar-refractivity contribution in [2.75, 3.05) is 45.3 Å². The van der Waals surface area contributed by atoms with Crippen molar-refractivity contribution in [2.24, 2.45) is 0 Å². The minimum atomic E-state index is -0.251. The number of amides is 2. The molecule has 0 fully saturated rings. The maximum atomic E-state index is 12.5. The van der Waals surface area contributed by atoms with Gasteiger partial charge in [-0.15, -0.1) is 0 Å². The molecule has 20 heavy (non-hydrogen) atoms. The molecule has 0 bridgehead atoms. The van der Waals surface area contributed by atoms with E-state index in [4.69, 9.17) is 5.73 Å². The highest BCUT2D eigenvalue weighted by Gasteiger charge is 2.23. The Morgan fingerprint density at radius 3 is 2.50 bits per heavy atom.